The maximum absolute atomic E-state index is 12.4. The average molecular weight is 285 g/mol. The van der Waals surface area contributed by atoms with Crippen molar-refractivity contribution in [2.45, 2.75) is 12.5 Å². The second-order valence-electron chi connectivity index (χ2n) is 4.63. The highest BCUT2D eigenvalue weighted by atomic mass is 16.4. The Kier molecular flexibility index (Phi) is 4.35. The minimum atomic E-state index is -1.55. The summed E-state index contributed by atoms with van der Waals surface area (Å²) in [6.07, 6.45) is -1.69. The van der Waals surface area contributed by atoms with Gasteiger partial charge in [0, 0.05) is 23.2 Å². The molecule has 5 nitrogen and oxygen atoms in total. The minimum absolute atomic E-state index is 0.142. The van der Waals surface area contributed by atoms with Crippen LogP contribution >= 0.6 is 0 Å². The molecule has 0 aliphatic rings. The highest BCUT2D eigenvalue weighted by molar-refractivity contribution is 6.12. The van der Waals surface area contributed by atoms with Crippen LogP contribution in [0.2, 0.25) is 0 Å². The van der Waals surface area contributed by atoms with Gasteiger partial charge in [-0.2, -0.15) is 0 Å². The second kappa shape index (κ2) is 6.19. The number of hydrogen-bond acceptors (Lipinski definition) is 4. The van der Waals surface area contributed by atoms with Crippen LogP contribution in [-0.2, 0) is 11.2 Å². The molecule has 0 aliphatic heterocycles. The van der Waals surface area contributed by atoms with Gasteiger partial charge in [-0.25, -0.2) is 4.79 Å². The molecular weight excluding hydrogens is 270 g/mol. The van der Waals surface area contributed by atoms with E-state index in [1.165, 1.54) is 0 Å². The van der Waals surface area contributed by atoms with Crippen LogP contribution in [0.25, 0.3) is 0 Å². The van der Waals surface area contributed by atoms with E-state index in [1.807, 2.05) is 0 Å². The number of rotatable bonds is 5. The van der Waals surface area contributed by atoms with Crippen molar-refractivity contribution >= 4 is 17.4 Å². The normalized spacial score (nSPS) is 11.9. The third kappa shape index (κ3) is 3.27. The molecule has 5 heteroatoms. The van der Waals surface area contributed by atoms with Crippen molar-refractivity contribution in [1.82, 2.24) is 0 Å². The maximum Gasteiger partial charge on any atom is 0.332 e. The lowest BCUT2D eigenvalue weighted by molar-refractivity contribution is -0.146. The molecule has 1 unspecified atom stereocenters. The van der Waals surface area contributed by atoms with Crippen molar-refractivity contribution in [3.8, 4) is 0 Å². The van der Waals surface area contributed by atoms with Crippen molar-refractivity contribution in [3.63, 3.8) is 0 Å². The molecule has 108 valence electrons. The third-order valence-electron chi connectivity index (χ3n) is 3.18. The van der Waals surface area contributed by atoms with E-state index in [2.05, 4.69) is 0 Å². The van der Waals surface area contributed by atoms with Crippen LogP contribution < -0.4 is 5.73 Å². The summed E-state index contributed by atoms with van der Waals surface area (Å²) in [5.74, 6) is -1.56. The van der Waals surface area contributed by atoms with E-state index < -0.39 is 12.1 Å². The SMILES string of the molecule is Nc1c(CC(O)C(=O)O)cccc1C(=O)c1ccccc1. The molecule has 0 spiro atoms. The molecule has 21 heavy (non-hydrogen) atoms. The number of carbonyl (C=O) groups is 2. The largest absolute Gasteiger partial charge is 0.479 e. The van der Waals surface area contributed by atoms with Gasteiger partial charge in [-0.3, -0.25) is 4.79 Å². The first-order valence-corrected chi connectivity index (χ1v) is 6.38. The monoisotopic (exact) mass is 285 g/mol. The minimum Gasteiger partial charge on any atom is -0.479 e. The van der Waals surface area contributed by atoms with E-state index in [9.17, 15) is 14.7 Å². The standard InChI is InChI=1S/C16H15NO4/c17-14-11(9-13(18)16(20)21)7-4-8-12(14)15(19)10-5-2-1-3-6-10/h1-8,13,18H,9,17H2,(H,20,21). The Hall–Kier alpha value is -2.66. The fraction of sp³-hybridized carbons (Fsp3) is 0.125. The zero-order valence-electron chi connectivity index (χ0n) is 11.2. The van der Waals surface area contributed by atoms with Crippen LogP contribution in [0, 0.1) is 0 Å². The van der Waals surface area contributed by atoms with Crippen LogP contribution in [0.15, 0.2) is 48.5 Å². The smallest absolute Gasteiger partial charge is 0.332 e. The molecule has 0 saturated heterocycles. The number of nitrogen functional groups attached to an aromatic ring is 1. The molecule has 0 amide bonds. The number of para-hydroxylation sites is 1. The summed E-state index contributed by atoms with van der Waals surface area (Å²) in [5.41, 5.74) is 7.38. The summed E-state index contributed by atoms with van der Waals surface area (Å²) in [6.45, 7) is 0. The molecule has 0 bridgehead atoms. The summed E-state index contributed by atoms with van der Waals surface area (Å²) in [5, 5.41) is 18.1. The maximum atomic E-state index is 12.4. The van der Waals surface area contributed by atoms with Gasteiger partial charge in [0.1, 0.15) is 0 Å². The Morgan fingerprint density at radius 2 is 1.71 bits per heavy atom. The van der Waals surface area contributed by atoms with Crippen molar-refractivity contribution < 1.29 is 19.8 Å². The number of carboxylic acids is 1. The Morgan fingerprint density at radius 1 is 1.05 bits per heavy atom. The van der Waals surface area contributed by atoms with E-state index in [1.54, 1.807) is 48.5 Å². The molecule has 2 aromatic carbocycles. The number of aliphatic hydroxyl groups excluding tert-OH is 1. The summed E-state index contributed by atoms with van der Waals surface area (Å²) in [4.78, 5) is 23.1. The summed E-state index contributed by atoms with van der Waals surface area (Å²) < 4.78 is 0. The third-order valence-corrected chi connectivity index (χ3v) is 3.18. The first-order chi connectivity index (χ1) is 10.0. The lowest BCUT2D eigenvalue weighted by Crippen LogP contribution is -2.23. The number of nitrogens with two attached hydrogens (primary N) is 1. The van der Waals surface area contributed by atoms with E-state index in [0.717, 1.165) is 0 Å². The molecule has 4 N–H and O–H groups in total. The van der Waals surface area contributed by atoms with Gasteiger partial charge in [-0.05, 0) is 11.6 Å². The fourth-order valence-corrected chi connectivity index (χ4v) is 2.03. The molecule has 0 aliphatic carbocycles. The quantitative estimate of drug-likeness (QED) is 0.570. The lowest BCUT2D eigenvalue weighted by atomic mass is 9.96. The van der Waals surface area contributed by atoms with Crippen molar-refractivity contribution in [3.05, 3.63) is 65.2 Å². The highest BCUT2D eigenvalue weighted by Gasteiger charge is 2.19. The van der Waals surface area contributed by atoms with Crippen molar-refractivity contribution in [2.75, 3.05) is 5.73 Å². The number of carbonyl (C=O) groups excluding carboxylic acids is 1. The first-order valence-electron chi connectivity index (χ1n) is 6.38. The molecule has 0 heterocycles. The predicted octanol–water partition coefficient (Wildman–Crippen LogP) is 1.49. The zero-order valence-corrected chi connectivity index (χ0v) is 11.2. The Balaban J connectivity index is 2.34. The van der Waals surface area contributed by atoms with Gasteiger partial charge >= 0.3 is 5.97 Å². The molecular formula is C16H15NO4. The Morgan fingerprint density at radius 3 is 2.33 bits per heavy atom. The summed E-state index contributed by atoms with van der Waals surface area (Å²) >= 11 is 0. The number of benzene rings is 2. The Labute approximate surface area is 121 Å². The predicted molar refractivity (Wildman–Crippen MR) is 78.1 cm³/mol. The van der Waals surface area contributed by atoms with E-state index in [4.69, 9.17) is 10.8 Å². The van der Waals surface area contributed by atoms with Crippen LogP contribution in [0.1, 0.15) is 21.5 Å². The number of aliphatic hydroxyl groups is 1. The van der Waals surface area contributed by atoms with Gasteiger partial charge in [0.05, 0.1) is 0 Å². The van der Waals surface area contributed by atoms with Gasteiger partial charge in [0.15, 0.2) is 11.9 Å². The second-order valence-corrected chi connectivity index (χ2v) is 4.63. The zero-order chi connectivity index (χ0) is 15.4. The van der Waals surface area contributed by atoms with Crippen LogP contribution in [0.5, 0.6) is 0 Å². The fourth-order valence-electron chi connectivity index (χ4n) is 2.03. The molecule has 0 aromatic heterocycles. The van der Waals surface area contributed by atoms with Gasteiger partial charge < -0.3 is 15.9 Å². The highest BCUT2D eigenvalue weighted by Crippen LogP contribution is 2.22. The van der Waals surface area contributed by atoms with E-state index in [-0.39, 0.29) is 17.9 Å². The number of anilines is 1. The summed E-state index contributed by atoms with van der Waals surface area (Å²) in [6, 6.07) is 13.5. The van der Waals surface area contributed by atoms with Crippen LogP contribution in [-0.4, -0.2) is 28.1 Å². The molecule has 2 rings (SSSR count). The van der Waals surface area contributed by atoms with Gasteiger partial charge in [0.25, 0.3) is 0 Å². The number of ketones is 1. The van der Waals surface area contributed by atoms with Crippen LogP contribution in [0.3, 0.4) is 0 Å². The van der Waals surface area contributed by atoms with E-state index >= 15 is 0 Å². The number of hydrogen-bond donors (Lipinski definition) is 3. The van der Waals surface area contributed by atoms with Gasteiger partial charge in [-0.15, -0.1) is 0 Å². The van der Waals surface area contributed by atoms with Crippen molar-refractivity contribution in [1.29, 1.82) is 0 Å². The molecule has 2 aromatic rings. The van der Waals surface area contributed by atoms with E-state index in [0.29, 0.717) is 16.7 Å². The number of carboxylic acid groups (broad SMARTS) is 1. The lowest BCUT2D eigenvalue weighted by Gasteiger charge is -2.12. The van der Waals surface area contributed by atoms with Gasteiger partial charge in [-0.1, -0.05) is 42.5 Å². The average Bonchev–Trinajstić information content (AvgIpc) is 2.49. The number of aliphatic carboxylic acids is 1. The topological polar surface area (TPSA) is 101 Å². The van der Waals surface area contributed by atoms with Gasteiger partial charge in [0.2, 0.25) is 0 Å². The molecule has 1 atom stereocenters. The molecule has 0 saturated carbocycles. The molecule has 0 fully saturated rings. The Bertz CT molecular complexity index is 667. The summed E-state index contributed by atoms with van der Waals surface area (Å²) in [7, 11) is 0. The van der Waals surface area contributed by atoms with Crippen molar-refractivity contribution in [2.24, 2.45) is 0 Å². The van der Waals surface area contributed by atoms with Crippen LogP contribution in [0.4, 0.5) is 5.69 Å². The first kappa shape index (κ1) is 14.7. The molecule has 0 radical (unpaired) electrons.